The molecule has 25 heavy (non-hydrogen) atoms. The second kappa shape index (κ2) is 6.73. The zero-order valence-electron chi connectivity index (χ0n) is 13.7. The summed E-state index contributed by atoms with van der Waals surface area (Å²) in [5.74, 6) is 0. The molecule has 1 unspecified atom stereocenters. The predicted octanol–water partition coefficient (Wildman–Crippen LogP) is 6.27. The van der Waals surface area contributed by atoms with E-state index >= 15 is 0 Å². The van der Waals surface area contributed by atoms with Gasteiger partial charge in [0.15, 0.2) is 0 Å². The highest BCUT2D eigenvalue weighted by Gasteiger charge is 2.59. The van der Waals surface area contributed by atoms with Crippen molar-refractivity contribution >= 4 is 28.9 Å². The molecule has 1 aliphatic rings. The summed E-state index contributed by atoms with van der Waals surface area (Å²) in [5, 5.41) is 0.439. The van der Waals surface area contributed by atoms with E-state index in [1.165, 1.54) is 18.2 Å². The summed E-state index contributed by atoms with van der Waals surface area (Å²) < 4.78 is 42.2. The van der Waals surface area contributed by atoms with Gasteiger partial charge in [0.05, 0.1) is 0 Å². The van der Waals surface area contributed by atoms with Crippen LogP contribution in [0.25, 0.3) is 0 Å². The number of halogens is 5. The Kier molecular flexibility index (Phi) is 4.95. The molecule has 6 heteroatoms. The summed E-state index contributed by atoms with van der Waals surface area (Å²) in [7, 11) is 0. The molecule has 1 nitrogen and oxygen atoms in total. The Hall–Kier alpha value is -1.39. The molecule has 1 saturated heterocycles. The normalized spacial score (nSPS) is 21.0. The number of benzene rings is 2. The Morgan fingerprint density at radius 2 is 1.64 bits per heavy atom. The van der Waals surface area contributed by atoms with Crippen molar-refractivity contribution in [3.63, 3.8) is 0 Å². The summed E-state index contributed by atoms with van der Waals surface area (Å²) in [6.45, 7) is 2.23. The molecule has 1 fully saturated rings. The standard InChI is InChI=1S/C19H18Cl2F3N/c1-2-13-3-5-17(6-4-13)25-8-7-18(12-25,19(22,23)24)14-9-15(20)11-16(21)10-14/h3-6,9-11H,2,7-8,12H2,1H3. The topological polar surface area (TPSA) is 3.24 Å². The number of nitrogens with zero attached hydrogens (tertiary/aromatic N) is 1. The third kappa shape index (κ3) is 3.47. The van der Waals surface area contributed by atoms with Crippen molar-refractivity contribution in [3.05, 3.63) is 63.6 Å². The van der Waals surface area contributed by atoms with Crippen molar-refractivity contribution in [1.82, 2.24) is 0 Å². The highest BCUT2D eigenvalue weighted by Crippen LogP contribution is 2.49. The van der Waals surface area contributed by atoms with Crippen LogP contribution < -0.4 is 4.90 Å². The molecular weight excluding hydrogens is 370 g/mol. The Bertz CT molecular complexity index is 738. The maximum absolute atomic E-state index is 14.1. The Balaban J connectivity index is 1.98. The molecule has 3 rings (SSSR count). The fourth-order valence-electron chi connectivity index (χ4n) is 3.43. The lowest BCUT2D eigenvalue weighted by Crippen LogP contribution is -2.44. The van der Waals surface area contributed by atoms with Gasteiger partial charge in [0, 0.05) is 28.8 Å². The minimum Gasteiger partial charge on any atom is -0.370 e. The Morgan fingerprint density at radius 3 is 2.16 bits per heavy atom. The van der Waals surface area contributed by atoms with Crippen molar-refractivity contribution in [2.45, 2.75) is 31.4 Å². The van der Waals surface area contributed by atoms with Crippen LogP contribution in [0.2, 0.25) is 10.0 Å². The van der Waals surface area contributed by atoms with Gasteiger partial charge in [-0.05, 0) is 54.3 Å². The van der Waals surface area contributed by atoms with Crippen LogP contribution in [0.1, 0.15) is 24.5 Å². The molecule has 134 valence electrons. The van der Waals surface area contributed by atoms with Crippen LogP contribution in [0.5, 0.6) is 0 Å². The number of anilines is 1. The maximum atomic E-state index is 14.1. The number of aryl methyl sites for hydroxylation is 1. The first-order chi connectivity index (χ1) is 11.7. The zero-order valence-corrected chi connectivity index (χ0v) is 15.2. The lowest BCUT2D eigenvalue weighted by molar-refractivity contribution is -0.184. The quantitative estimate of drug-likeness (QED) is 0.599. The summed E-state index contributed by atoms with van der Waals surface area (Å²) in [4.78, 5) is 1.78. The van der Waals surface area contributed by atoms with Crippen molar-refractivity contribution in [2.24, 2.45) is 0 Å². The van der Waals surface area contributed by atoms with Gasteiger partial charge in [0.2, 0.25) is 0 Å². The molecule has 0 bridgehead atoms. The summed E-state index contributed by atoms with van der Waals surface area (Å²) in [5.41, 5.74) is 0.124. The highest BCUT2D eigenvalue weighted by molar-refractivity contribution is 6.34. The second-order valence-corrected chi connectivity index (χ2v) is 7.30. The zero-order chi connectivity index (χ0) is 18.2. The van der Waals surface area contributed by atoms with Gasteiger partial charge in [-0.3, -0.25) is 0 Å². The van der Waals surface area contributed by atoms with Crippen LogP contribution >= 0.6 is 23.2 Å². The van der Waals surface area contributed by atoms with Crippen LogP contribution in [0.15, 0.2) is 42.5 Å². The molecule has 2 aromatic carbocycles. The Morgan fingerprint density at radius 1 is 1.04 bits per heavy atom. The predicted molar refractivity (Wildman–Crippen MR) is 96.8 cm³/mol. The minimum atomic E-state index is -4.39. The van der Waals surface area contributed by atoms with Crippen LogP contribution in [-0.4, -0.2) is 19.3 Å². The SMILES string of the molecule is CCc1ccc(N2CCC(c3cc(Cl)cc(Cl)c3)(C(F)(F)F)C2)cc1. The molecule has 0 amide bonds. The van der Waals surface area contributed by atoms with Crippen molar-refractivity contribution in [1.29, 1.82) is 0 Å². The summed E-state index contributed by atoms with van der Waals surface area (Å²) >= 11 is 11.9. The first kappa shape index (κ1) is 18.4. The van der Waals surface area contributed by atoms with Crippen LogP contribution in [0, 0.1) is 0 Å². The monoisotopic (exact) mass is 387 g/mol. The molecule has 2 aromatic rings. The van der Waals surface area contributed by atoms with E-state index in [0.29, 0.717) is 6.54 Å². The molecule has 0 aliphatic carbocycles. The maximum Gasteiger partial charge on any atom is 0.400 e. The number of hydrogen-bond acceptors (Lipinski definition) is 1. The number of hydrogen-bond donors (Lipinski definition) is 0. The van der Waals surface area contributed by atoms with Gasteiger partial charge in [-0.2, -0.15) is 13.2 Å². The fraction of sp³-hybridized carbons (Fsp3) is 0.368. The third-order valence-electron chi connectivity index (χ3n) is 4.94. The van der Waals surface area contributed by atoms with E-state index in [1.54, 1.807) is 4.90 Å². The lowest BCUT2D eigenvalue weighted by Gasteiger charge is -2.33. The smallest absolute Gasteiger partial charge is 0.370 e. The van der Waals surface area contributed by atoms with Gasteiger partial charge in [0.1, 0.15) is 5.41 Å². The van der Waals surface area contributed by atoms with Gasteiger partial charge in [0.25, 0.3) is 0 Å². The van der Waals surface area contributed by atoms with E-state index in [2.05, 4.69) is 0 Å². The second-order valence-electron chi connectivity index (χ2n) is 6.43. The fourth-order valence-corrected chi connectivity index (χ4v) is 3.96. The average Bonchev–Trinajstić information content (AvgIpc) is 3.00. The van der Waals surface area contributed by atoms with E-state index < -0.39 is 11.6 Å². The average molecular weight is 388 g/mol. The summed E-state index contributed by atoms with van der Waals surface area (Å²) in [6, 6.07) is 11.9. The molecule has 1 heterocycles. The van der Waals surface area contributed by atoms with E-state index in [-0.39, 0.29) is 28.6 Å². The van der Waals surface area contributed by atoms with Crippen LogP contribution in [0.3, 0.4) is 0 Å². The number of rotatable bonds is 3. The van der Waals surface area contributed by atoms with E-state index in [9.17, 15) is 13.2 Å². The van der Waals surface area contributed by atoms with Crippen molar-refractivity contribution < 1.29 is 13.2 Å². The molecule has 0 aromatic heterocycles. The lowest BCUT2D eigenvalue weighted by atomic mass is 9.79. The molecule has 0 saturated carbocycles. The molecule has 0 N–H and O–H groups in total. The van der Waals surface area contributed by atoms with E-state index in [0.717, 1.165) is 17.7 Å². The van der Waals surface area contributed by atoms with Gasteiger partial charge in [-0.25, -0.2) is 0 Å². The molecule has 0 radical (unpaired) electrons. The Labute approximate surface area is 155 Å². The van der Waals surface area contributed by atoms with Gasteiger partial charge >= 0.3 is 6.18 Å². The first-order valence-electron chi connectivity index (χ1n) is 8.12. The molecule has 0 spiro atoms. The van der Waals surface area contributed by atoms with Crippen molar-refractivity contribution in [2.75, 3.05) is 18.0 Å². The number of alkyl halides is 3. The highest BCUT2D eigenvalue weighted by atomic mass is 35.5. The first-order valence-corrected chi connectivity index (χ1v) is 8.88. The van der Waals surface area contributed by atoms with Crippen molar-refractivity contribution in [3.8, 4) is 0 Å². The molecular formula is C19H18Cl2F3N. The van der Waals surface area contributed by atoms with Crippen LogP contribution in [-0.2, 0) is 11.8 Å². The van der Waals surface area contributed by atoms with E-state index in [1.807, 2.05) is 31.2 Å². The third-order valence-corrected chi connectivity index (χ3v) is 5.37. The largest absolute Gasteiger partial charge is 0.400 e. The van der Waals surface area contributed by atoms with Gasteiger partial charge in [-0.1, -0.05) is 42.3 Å². The summed E-state index contributed by atoms with van der Waals surface area (Å²) in [6.07, 6.45) is -3.52. The van der Waals surface area contributed by atoms with Gasteiger partial charge in [-0.15, -0.1) is 0 Å². The van der Waals surface area contributed by atoms with Gasteiger partial charge < -0.3 is 4.90 Å². The van der Waals surface area contributed by atoms with E-state index in [4.69, 9.17) is 23.2 Å². The molecule has 1 aliphatic heterocycles. The minimum absolute atomic E-state index is 0.0251. The van der Waals surface area contributed by atoms with Crippen LogP contribution in [0.4, 0.5) is 18.9 Å². The molecule has 1 atom stereocenters.